The lowest BCUT2D eigenvalue weighted by Crippen LogP contribution is -2.38. The first-order valence-electron chi connectivity index (χ1n) is 7.88. The van der Waals surface area contributed by atoms with E-state index in [4.69, 9.17) is 0 Å². The first-order valence-corrected chi connectivity index (χ1v) is 7.88. The molecule has 1 atom stereocenters. The maximum Gasteiger partial charge on any atom is 0.130 e. The van der Waals surface area contributed by atoms with E-state index in [9.17, 15) is 4.39 Å². The fourth-order valence-corrected chi connectivity index (χ4v) is 3.25. The number of piperidine rings is 1. The Morgan fingerprint density at radius 1 is 1.33 bits per heavy atom. The van der Waals surface area contributed by atoms with E-state index in [2.05, 4.69) is 35.3 Å². The Hall–Kier alpha value is -1.13. The molecule has 2 rings (SSSR count). The molecular weight excluding hydrogens is 265 g/mol. The van der Waals surface area contributed by atoms with Crippen molar-refractivity contribution < 1.29 is 4.39 Å². The zero-order valence-corrected chi connectivity index (χ0v) is 13.7. The topological polar surface area (TPSA) is 18.5 Å². The summed E-state index contributed by atoms with van der Waals surface area (Å²) >= 11 is 0. The fraction of sp³-hybridized carbons (Fsp3) is 0.647. The zero-order valence-electron chi connectivity index (χ0n) is 13.7. The second-order valence-electron chi connectivity index (χ2n) is 6.38. The molecule has 1 saturated heterocycles. The molecule has 1 heterocycles. The van der Waals surface area contributed by atoms with E-state index in [0.29, 0.717) is 0 Å². The number of hydrogen-bond acceptors (Lipinski definition) is 3. The number of halogens is 1. The zero-order chi connectivity index (χ0) is 15.4. The van der Waals surface area contributed by atoms with Gasteiger partial charge in [-0.15, -0.1) is 0 Å². The minimum atomic E-state index is -0.107. The normalized spacial score (nSPS) is 18.3. The van der Waals surface area contributed by atoms with E-state index in [1.807, 2.05) is 20.0 Å². The minimum Gasteiger partial charge on any atom is -0.371 e. The molecule has 0 amide bonds. The van der Waals surface area contributed by atoms with Crippen LogP contribution in [0.2, 0.25) is 0 Å². The molecule has 1 aromatic rings. The minimum absolute atomic E-state index is 0.0284. The van der Waals surface area contributed by atoms with Crippen LogP contribution in [0.15, 0.2) is 18.2 Å². The van der Waals surface area contributed by atoms with Crippen LogP contribution in [0.1, 0.15) is 31.4 Å². The van der Waals surface area contributed by atoms with E-state index in [1.165, 1.54) is 12.8 Å². The van der Waals surface area contributed by atoms with Crippen molar-refractivity contribution in [2.45, 2.75) is 25.8 Å². The quantitative estimate of drug-likeness (QED) is 0.900. The average molecular weight is 293 g/mol. The van der Waals surface area contributed by atoms with Crippen molar-refractivity contribution in [3.8, 4) is 0 Å². The maximum absolute atomic E-state index is 14.2. The second-order valence-corrected chi connectivity index (χ2v) is 6.38. The van der Waals surface area contributed by atoms with Crippen LogP contribution in [0.4, 0.5) is 10.1 Å². The standard InChI is InChI=1S/C17H28FN3/c1-13(19-2)17-15(18)6-5-7-16(17)21-10-8-14(9-11-21)12-20(3)4/h5-7,13-14,19H,8-12H2,1-4H3. The lowest BCUT2D eigenvalue weighted by atomic mass is 9.94. The molecule has 3 nitrogen and oxygen atoms in total. The molecule has 1 fully saturated rings. The van der Waals surface area contributed by atoms with Gasteiger partial charge in [0, 0.05) is 36.9 Å². The first kappa shape index (κ1) is 16.2. The summed E-state index contributed by atoms with van der Waals surface area (Å²) in [6.45, 7) is 5.20. The number of benzene rings is 1. The molecule has 1 N–H and O–H groups in total. The van der Waals surface area contributed by atoms with Gasteiger partial charge in [0.2, 0.25) is 0 Å². The van der Waals surface area contributed by atoms with Crippen molar-refractivity contribution in [3.05, 3.63) is 29.6 Å². The molecular formula is C17H28FN3. The van der Waals surface area contributed by atoms with Gasteiger partial charge in [-0.25, -0.2) is 4.39 Å². The summed E-state index contributed by atoms with van der Waals surface area (Å²) < 4.78 is 14.2. The van der Waals surface area contributed by atoms with Gasteiger partial charge in [-0.3, -0.25) is 0 Å². The van der Waals surface area contributed by atoms with Crippen LogP contribution in [0.3, 0.4) is 0 Å². The molecule has 21 heavy (non-hydrogen) atoms. The predicted molar refractivity (Wildman–Crippen MR) is 87.4 cm³/mol. The van der Waals surface area contributed by atoms with Gasteiger partial charge < -0.3 is 15.1 Å². The van der Waals surface area contributed by atoms with Crippen LogP contribution in [0.25, 0.3) is 0 Å². The van der Waals surface area contributed by atoms with Crippen LogP contribution < -0.4 is 10.2 Å². The van der Waals surface area contributed by atoms with Gasteiger partial charge in [-0.2, -0.15) is 0 Å². The summed E-state index contributed by atoms with van der Waals surface area (Å²) in [4.78, 5) is 4.61. The third kappa shape index (κ3) is 3.95. The van der Waals surface area contributed by atoms with Crippen LogP contribution >= 0.6 is 0 Å². The van der Waals surface area contributed by atoms with Gasteiger partial charge in [0.1, 0.15) is 5.82 Å². The van der Waals surface area contributed by atoms with Crippen molar-refractivity contribution >= 4 is 5.69 Å². The number of nitrogens with one attached hydrogen (secondary N) is 1. The average Bonchev–Trinajstić information content (AvgIpc) is 2.46. The highest BCUT2D eigenvalue weighted by Crippen LogP contribution is 2.31. The Morgan fingerprint density at radius 2 is 2.00 bits per heavy atom. The lowest BCUT2D eigenvalue weighted by Gasteiger charge is -2.36. The second kappa shape index (κ2) is 7.23. The summed E-state index contributed by atoms with van der Waals surface area (Å²) in [5, 5.41) is 3.16. The molecule has 0 aromatic heterocycles. The Bertz CT molecular complexity index is 453. The van der Waals surface area contributed by atoms with Crippen molar-refractivity contribution in [1.29, 1.82) is 0 Å². The number of hydrogen-bond donors (Lipinski definition) is 1. The van der Waals surface area contributed by atoms with Gasteiger partial charge in [0.05, 0.1) is 0 Å². The number of anilines is 1. The van der Waals surface area contributed by atoms with E-state index in [-0.39, 0.29) is 11.9 Å². The highest BCUT2D eigenvalue weighted by Gasteiger charge is 2.24. The highest BCUT2D eigenvalue weighted by atomic mass is 19.1. The van der Waals surface area contributed by atoms with Gasteiger partial charge >= 0.3 is 0 Å². The molecule has 1 aromatic carbocycles. The summed E-state index contributed by atoms with van der Waals surface area (Å²) in [6, 6.07) is 5.47. The Labute approximate surface area is 128 Å². The molecule has 0 aliphatic carbocycles. The molecule has 1 aliphatic heterocycles. The summed E-state index contributed by atoms with van der Waals surface area (Å²) in [5.41, 5.74) is 1.85. The largest absolute Gasteiger partial charge is 0.371 e. The molecule has 0 radical (unpaired) electrons. The van der Waals surface area contributed by atoms with Crippen LogP contribution in [-0.2, 0) is 0 Å². The number of nitrogens with zero attached hydrogens (tertiary/aromatic N) is 2. The smallest absolute Gasteiger partial charge is 0.130 e. The van der Waals surface area contributed by atoms with Crippen molar-refractivity contribution in [2.75, 3.05) is 45.7 Å². The highest BCUT2D eigenvalue weighted by molar-refractivity contribution is 5.55. The summed E-state index contributed by atoms with van der Waals surface area (Å²) in [5.74, 6) is 0.653. The first-order chi connectivity index (χ1) is 10.0. The molecule has 4 heteroatoms. The van der Waals surface area contributed by atoms with Gasteiger partial charge in [-0.1, -0.05) is 6.07 Å². The third-order valence-corrected chi connectivity index (χ3v) is 4.47. The van der Waals surface area contributed by atoms with E-state index in [0.717, 1.165) is 36.8 Å². The van der Waals surface area contributed by atoms with E-state index in [1.54, 1.807) is 6.07 Å². The Kier molecular flexibility index (Phi) is 5.59. The summed E-state index contributed by atoms with van der Waals surface area (Å²) in [6.07, 6.45) is 2.37. The fourth-order valence-electron chi connectivity index (χ4n) is 3.25. The summed E-state index contributed by atoms with van der Waals surface area (Å²) in [7, 11) is 6.14. The van der Waals surface area contributed by atoms with E-state index >= 15 is 0 Å². The van der Waals surface area contributed by atoms with E-state index < -0.39 is 0 Å². The van der Waals surface area contributed by atoms with Crippen LogP contribution in [-0.4, -0.2) is 45.7 Å². The van der Waals surface area contributed by atoms with Gasteiger partial charge in [-0.05, 0) is 59.0 Å². The Morgan fingerprint density at radius 3 is 2.57 bits per heavy atom. The molecule has 0 bridgehead atoms. The molecule has 118 valence electrons. The lowest BCUT2D eigenvalue weighted by molar-refractivity contribution is 0.285. The van der Waals surface area contributed by atoms with Crippen LogP contribution in [0.5, 0.6) is 0 Å². The van der Waals surface area contributed by atoms with Crippen molar-refractivity contribution in [3.63, 3.8) is 0 Å². The van der Waals surface area contributed by atoms with Crippen molar-refractivity contribution in [1.82, 2.24) is 10.2 Å². The number of rotatable bonds is 5. The molecule has 1 unspecified atom stereocenters. The van der Waals surface area contributed by atoms with Gasteiger partial charge in [0.25, 0.3) is 0 Å². The molecule has 0 spiro atoms. The monoisotopic (exact) mass is 293 g/mol. The molecule has 0 saturated carbocycles. The predicted octanol–water partition coefficient (Wildman–Crippen LogP) is 2.88. The third-order valence-electron chi connectivity index (χ3n) is 4.47. The Balaban J connectivity index is 2.11. The van der Waals surface area contributed by atoms with Crippen molar-refractivity contribution in [2.24, 2.45) is 5.92 Å². The molecule has 1 aliphatic rings. The van der Waals surface area contributed by atoms with Crippen LogP contribution in [0, 0.1) is 11.7 Å². The van der Waals surface area contributed by atoms with Gasteiger partial charge in [0.15, 0.2) is 0 Å². The maximum atomic E-state index is 14.2. The SMILES string of the molecule is CNC(C)c1c(F)cccc1N1CCC(CN(C)C)CC1.